The van der Waals surface area contributed by atoms with Gasteiger partial charge in [0.15, 0.2) is 0 Å². The molecule has 2 atom stereocenters. The number of aliphatic hydroxyl groups excluding tert-OH is 1. The Morgan fingerprint density at radius 1 is 1.43 bits per heavy atom. The lowest BCUT2D eigenvalue weighted by atomic mass is 10.1. The quantitative estimate of drug-likeness (QED) is 0.904. The van der Waals surface area contributed by atoms with Gasteiger partial charge in [-0.2, -0.15) is 5.26 Å². The molecular formula is C17H19N3O. The van der Waals surface area contributed by atoms with Crippen LogP contribution in [-0.4, -0.2) is 15.8 Å². The van der Waals surface area contributed by atoms with Crippen molar-refractivity contribution < 1.29 is 5.11 Å². The van der Waals surface area contributed by atoms with E-state index in [9.17, 15) is 5.11 Å². The molecule has 1 heterocycles. The molecule has 21 heavy (non-hydrogen) atoms. The summed E-state index contributed by atoms with van der Waals surface area (Å²) in [6.45, 7) is 2.66. The van der Waals surface area contributed by atoms with Crippen molar-refractivity contribution in [2.45, 2.75) is 32.0 Å². The zero-order chi connectivity index (χ0) is 15.0. The molecule has 0 saturated carbocycles. The van der Waals surface area contributed by atoms with Crippen LogP contribution in [-0.2, 0) is 20.0 Å². The second-order valence-electron chi connectivity index (χ2n) is 5.64. The van der Waals surface area contributed by atoms with E-state index in [4.69, 9.17) is 5.26 Å². The van der Waals surface area contributed by atoms with Gasteiger partial charge >= 0.3 is 0 Å². The lowest BCUT2D eigenvalue weighted by molar-refractivity contribution is 0.140. The Balaban J connectivity index is 1.78. The van der Waals surface area contributed by atoms with E-state index in [0.717, 1.165) is 11.3 Å². The predicted molar refractivity (Wildman–Crippen MR) is 80.6 cm³/mol. The Morgan fingerprint density at radius 3 is 2.90 bits per heavy atom. The van der Waals surface area contributed by atoms with Gasteiger partial charge in [0.2, 0.25) is 0 Å². The molecule has 0 saturated heterocycles. The monoisotopic (exact) mass is 281 g/mol. The molecule has 2 N–H and O–H groups in total. The normalized spacial score (nSPS) is 20.3. The Bertz CT molecular complexity index is 711. The number of fused-ring (bicyclic) bond motifs is 1. The highest BCUT2D eigenvalue weighted by atomic mass is 16.3. The van der Waals surface area contributed by atoms with Crippen molar-refractivity contribution in [2.75, 3.05) is 0 Å². The van der Waals surface area contributed by atoms with Gasteiger partial charge in [0.25, 0.3) is 0 Å². The molecule has 4 heteroatoms. The van der Waals surface area contributed by atoms with Crippen LogP contribution in [0.15, 0.2) is 30.3 Å². The van der Waals surface area contributed by atoms with Gasteiger partial charge in [0, 0.05) is 25.7 Å². The number of hydrogen-bond acceptors (Lipinski definition) is 3. The van der Waals surface area contributed by atoms with Crippen LogP contribution >= 0.6 is 0 Å². The predicted octanol–water partition coefficient (Wildman–Crippen LogP) is 1.95. The number of hydrogen-bond donors (Lipinski definition) is 2. The van der Waals surface area contributed by atoms with Gasteiger partial charge in [-0.1, -0.05) is 24.3 Å². The first-order valence-electron chi connectivity index (χ1n) is 7.16. The first-order chi connectivity index (χ1) is 10.1. The van der Waals surface area contributed by atoms with E-state index < -0.39 is 0 Å². The van der Waals surface area contributed by atoms with Gasteiger partial charge in [0.05, 0.1) is 12.1 Å². The van der Waals surface area contributed by atoms with E-state index in [0.29, 0.717) is 18.7 Å². The molecule has 0 unspecified atom stereocenters. The molecule has 4 nitrogen and oxygen atoms in total. The van der Waals surface area contributed by atoms with Crippen LogP contribution in [0, 0.1) is 18.3 Å². The Labute approximate surface area is 124 Å². The Kier molecular flexibility index (Phi) is 3.54. The summed E-state index contributed by atoms with van der Waals surface area (Å²) < 4.78 is 1.90. The minimum atomic E-state index is -0.387. The smallest absolute Gasteiger partial charge is 0.120 e. The summed E-state index contributed by atoms with van der Waals surface area (Å²) in [5.41, 5.74) is 5.24. The number of nitriles is 1. The van der Waals surface area contributed by atoms with Gasteiger partial charge in [-0.15, -0.1) is 0 Å². The molecule has 1 aromatic carbocycles. The number of nitrogens with one attached hydrogen (secondary N) is 1. The summed E-state index contributed by atoms with van der Waals surface area (Å²) in [5.74, 6) is 0. The maximum Gasteiger partial charge on any atom is 0.120 e. The van der Waals surface area contributed by atoms with E-state index in [-0.39, 0.29) is 12.1 Å². The third-order valence-electron chi connectivity index (χ3n) is 4.47. The topological polar surface area (TPSA) is 61.0 Å². The lowest BCUT2D eigenvalue weighted by Gasteiger charge is -2.18. The van der Waals surface area contributed by atoms with E-state index >= 15 is 0 Å². The van der Waals surface area contributed by atoms with Crippen molar-refractivity contribution in [3.05, 3.63) is 58.4 Å². The van der Waals surface area contributed by atoms with Gasteiger partial charge < -0.3 is 15.0 Å². The van der Waals surface area contributed by atoms with Crippen LogP contribution in [0.1, 0.15) is 34.1 Å². The molecule has 0 amide bonds. The van der Waals surface area contributed by atoms with Crippen molar-refractivity contribution in [2.24, 2.45) is 7.05 Å². The van der Waals surface area contributed by atoms with Crippen LogP contribution in [0.2, 0.25) is 0 Å². The summed E-state index contributed by atoms with van der Waals surface area (Å²) in [6.07, 6.45) is 0.312. The largest absolute Gasteiger partial charge is 0.391 e. The third-order valence-corrected chi connectivity index (χ3v) is 4.47. The summed E-state index contributed by atoms with van der Waals surface area (Å²) >= 11 is 0. The highest BCUT2D eigenvalue weighted by Crippen LogP contribution is 2.31. The fourth-order valence-corrected chi connectivity index (χ4v) is 3.09. The Morgan fingerprint density at radius 2 is 2.19 bits per heavy atom. The molecule has 2 aromatic rings. The van der Waals surface area contributed by atoms with Gasteiger partial charge in [-0.25, -0.2) is 0 Å². The van der Waals surface area contributed by atoms with Crippen molar-refractivity contribution in [3.63, 3.8) is 0 Å². The van der Waals surface area contributed by atoms with E-state index in [1.807, 2.05) is 36.7 Å². The SMILES string of the molecule is Cc1c(CN[C@H]2c3ccccc3C[C@H]2O)cc(C#N)n1C. The summed E-state index contributed by atoms with van der Waals surface area (Å²) in [7, 11) is 1.90. The first kappa shape index (κ1) is 13.9. The maximum absolute atomic E-state index is 10.2. The van der Waals surface area contributed by atoms with Crippen LogP contribution < -0.4 is 5.32 Å². The lowest BCUT2D eigenvalue weighted by Crippen LogP contribution is -2.28. The summed E-state index contributed by atoms with van der Waals surface area (Å²) in [4.78, 5) is 0. The molecule has 108 valence electrons. The third kappa shape index (κ3) is 2.35. The van der Waals surface area contributed by atoms with Crippen LogP contribution in [0.25, 0.3) is 0 Å². The van der Waals surface area contributed by atoms with Crippen molar-refractivity contribution in [1.29, 1.82) is 5.26 Å². The molecule has 1 aliphatic carbocycles. The van der Waals surface area contributed by atoms with E-state index in [1.54, 1.807) is 0 Å². The molecule has 0 aliphatic heterocycles. The van der Waals surface area contributed by atoms with Crippen molar-refractivity contribution in [3.8, 4) is 6.07 Å². The number of aliphatic hydroxyl groups is 1. The molecule has 1 aliphatic rings. The zero-order valence-corrected chi connectivity index (χ0v) is 12.3. The number of aromatic nitrogens is 1. The molecule has 0 spiro atoms. The Hall–Kier alpha value is -2.09. The highest BCUT2D eigenvalue weighted by Gasteiger charge is 2.30. The first-order valence-corrected chi connectivity index (χ1v) is 7.16. The van der Waals surface area contributed by atoms with Gasteiger partial charge in [-0.05, 0) is 29.7 Å². The van der Waals surface area contributed by atoms with Gasteiger partial charge in [0.1, 0.15) is 11.8 Å². The van der Waals surface area contributed by atoms with Crippen LogP contribution in [0.3, 0.4) is 0 Å². The van der Waals surface area contributed by atoms with Gasteiger partial charge in [-0.3, -0.25) is 0 Å². The second kappa shape index (κ2) is 5.36. The molecule has 1 aromatic heterocycles. The molecule has 0 radical (unpaired) electrons. The molecule has 3 rings (SSSR count). The summed E-state index contributed by atoms with van der Waals surface area (Å²) in [5, 5.41) is 22.8. The van der Waals surface area contributed by atoms with E-state index in [1.165, 1.54) is 11.1 Å². The number of benzene rings is 1. The van der Waals surface area contributed by atoms with E-state index in [2.05, 4.69) is 23.5 Å². The average Bonchev–Trinajstić information content (AvgIpc) is 2.95. The fourth-order valence-electron chi connectivity index (χ4n) is 3.09. The van der Waals surface area contributed by atoms with Crippen LogP contribution in [0.5, 0.6) is 0 Å². The number of nitrogens with zero attached hydrogens (tertiary/aromatic N) is 2. The standard InChI is InChI=1S/C17H19N3O/c1-11-13(7-14(9-18)20(11)2)10-19-17-15-6-4-3-5-12(15)8-16(17)21/h3-7,16-17,19,21H,8,10H2,1-2H3/t16-,17+/m1/s1. The summed E-state index contributed by atoms with van der Waals surface area (Å²) in [6, 6.07) is 12.2. The second-order valence-corrected chi connectivity index (χ2v) is 5.64. The minimum absolute atomic E-state index is 0.0358. The molecule has 0 bridgehead atoms. The zero-order valence-electron chi connectivity index (χ0n) is 12.3. The fraction of sp³-hybridized carbons (Fsp3) is 0.353. The molecule has 0 fully saturated rings. The average molecular weight is 281 g/mol. The van der Waals surface area contributed by atoms with Crippen LogP contribution in [0.4, 0.5) is 0 Å². The molecular weight excluding hydrogens is 262 g/mol. The van der Waals surface area contributed by atoms with Crippen molar-refractivity contribution in [1.82, 2.24) is 9.88 Å². The highest BCUT2D eigenvalue weighted by molar-refractivity contribution is 5.37. The minimum Gasteiger partial charge on any atom is -0.391 e. The number of rotatable bonds is 3. The maximum atomic E-state index is 10.2. The van der Waals surface area contributed by atoms with Crippen molar-refractivity contribution >= 4 is 0 Å².